The van der Waals surface area contributed by atoms with Gasteiger partial charge in [-0.2, -0.15) is 0 Å². The monoisotopic (exact) mass is 480 g/mol. The van der Waals surface area contributed by atoms with Gasteiger partial charge in [-0.15, -0.1) is 0 Å². The fourth-order valence-corrected chi connectivity index (χ4v) is 9.39. The first-order valence-corrected chi connectivity index (χ1v) is 19.2. The molecule has 134 valence electrons. The molecule has 1 aliphatic heterocycles. The van der Waals surface area contributed by atoms with Gasteiger partial charge in [-0.25, -0.2) is 0 Å². The van der Waals surface area contributed by atoms with E-state index in [0.29, 0.717) is 6.42 Å². The van der Waals surface area contributed by atoms with E-state index in [0.717, 1.165) is 11.1 Å². The summed E-state index contributed by atoms with van der Waals surface area (Å²) in [6.07, 6.45) is -0.976. The molecule has 0 aliphatic carbocycles. The standard InChI is InChI=1S/C15H17Cl2O3.3CH3.Sn/c1-8-5-3-4-6-10(8)12(14(16)17)13(18)11-7-9(2)15(19)20-11;;;;/h3-4,6,9,11-14,18H,7H2,1-2H3;3*1H3;/t9-,11+,12-,13+;;;;/m0..../s1. The Morgan fingerprint density at radius 3 is 2.38 bits per heavy atom. The normalized spacial score (nSPS) is 24.1. The Bertz CT molecular complexity index is 613. The second-order valence-electron chi connectivity index (χ2n) is 7.73. The second kappa shape index (κ2) is 7.73. The number of aliphatic hydroxyl groups excluding tert-OH is 1. The Balaban J connectivity index is 2.40. The summed E-state index contributed by atoms with van der Waals surface area (Å²) in [5.41, 5.74) is 2.12. The molecular formula is C18H26Cl2O3Sn. The summed E-state index contributed by atoms with van der Waals surface area (Å²) in [7, 11) is 0. The van der Waals surface area contributed by atoms with Gasteiger partial charge >= 0.3 is 159 Å². The number of cyclic esters (lactones) is 1. The van der Waals surface area contributed by atoms with Gasteiger partial charge in [0.15, 0.2) is 0 Å². The van der Waals surface area contributed by atoms with E-state index in [1.807, 2.05) is 19.1 Å². The molecule has 24 heavy (non-hydrogen) atoms. The molecule has 6 heteroatoms. The van der Waals surface area contributed by atoms with Crippen LogP contribution in [0.3, 0.4) is 0 Å². The predicted molar refractivity (Wildman–Crippen MR) is 102 cm³/mol. The summed E-state index contributed by atoms with van der Waals surface area (Å²) in [6, 6.07) is 6.16. The van der Waals surface area contributed by atoms with Crippen LogP contribution in [0.2, 0.25) is 14.8 Å². The number of carbonyl (C=O) groups is 1. The first kappa shape index (κ1) is 20.3. The zero-order chi connectivity index (χ0) is 18.2. The van der Waals surface area contributed by atoms with Crippen LogP contribution in [0.1, 0.15) is 30.4 Å². The van der Waals surface area contributed by atoms with Crippen molar-refractivity contribution in [2.24, 2.45) is 5.92 Å². The molecule has 1 fully saturated rings. The molecule has 4 atom stereocenters. The minimum atomic E-state index is -2.30. The van der Waals surface area contributed by atoms with Crippen molar-refractivity contribution in [3.63, 3.8) is 0 Å². The van der Waals surface area contributed by atoms with E-state index in [1.165, 1.54) is 3.58 Å². The average molecular weight is 480 g/mol. The van der Waals surface area contributed by atoms with Gasteiger partial charge in [0.1, 0.15) is 0 Å². The Morgan fingerprint density at radius 2 is 1.92 bits per heavy atom. The predicted octanol–water partition coefficient (Wildman–Crippen LogP) is 3.74. The van der Waals surface area contributed by atoms with Crippen LogP contribution >= 0.6 is 23.2 Å². The molecule has 1 saturated heterocycles. The first-order valence-electron chi connectivity index (χ1n) is 8.30. The van der Waals surface area contributed by atoms with Gasteiger partial charge in [0.2, 0.25) is 0 Å². The summed E-state index contributed by atoms with van der Waals surface area (Å²) < 4.78 is 6.73. The number of halogens is 2. The summed E-state index contributed by atoms with van der Waals surface area (Å²) >= 11 is 10.2. The molecule has 0 bridgehead atoms. The van der Waals surface area contributed by atoms with Crippen LogP contribution in [0, 0.1) is 12.8 Å². The molecule has 0 saturated carbocycles. The van der Waals surface area contributed by atoms with E-state index in [1.54, 1.807) is 0 Å². The Labute approximate surface area is 158 Å². The van der Waals surface area contributed by atoms with Crippen molar-refractivity contribution in [3.8, 4) is 0 Å². The van der Waals surface area contributed by atoms with Crippen LogP contribution in [0.25, 0.3) is 0 Å². The molecule has 3 nitrogen and oxygen atoms in total. The van der Waals surface area contributed by atoms with Gasteiger partial charge in [0.25, 0.3) is 0 Å². The van der Waals surface area contributed by atoms with Crippen LogP contribution in [0.4, 0.5) is 0 Å². The molecule has 1 N–H and O–H groups in total. The Kier molecular flexibility index (Phi) is 6.55. The zero-order valence-corrected chi connectivity index (χ0v) is 19.2. The van der Waals surface area contributed by atoms with Crippen LogP contribution in [-0.4, -0.2) is 46.5 Å². The second-order valence-corrected chi connectivity index (χ2v) is 23.3. The number of aliphatic hydroxyl groups is 1. The van der Waals surface area contributed by atoms with Crippen LogP contribution < -0.4 is 3.58 Å². The molecule has 0 amide bonds. The third kappa shape index (κ3) is 4.22. The molecule has 1 aromatic carbocycles. The van der Waals surface area contributed by atoms with Gasteiger partial charge in [0.05, 0.1) is 0 Å². The van der Waals surface area contributed by atoms with Gasteiger partial charge in [-0.05, 0) is 0 Å². The van der Waals surface area contributed by atoms with Crippen LogP contribution in [0.5, 0.6) is 0 Å². The van der Waals surface area contributed by atoms with Crippen molar-refractivity contribution in [3.05, 3.63) is 29.3 Å². The van der Waals surface area contributed by atoms with Crippen LogP contribution in [-0.2, 0) is 9.53 Å². The molecule has 1 aliphatic rings. The van der Waals surface area contributed by atoms with Crippen molar-refractivity contribution >= 4 is 51.1 Å². The van der Waals surface area contributed by atoms with E-state index >= 15 is 0 Å². The summed E-state index contributed by atoms with van der Waals surface area (Å²) in [5.74, 6) is -0.951. The van der Waals surface area contributed by atoms with E-state index in [9.17, 15) is 9.90 Å². The van der Waals surface area contributed by atoms with Crippen LogP contribution in [0.15, 0.2) is 18.2 Å². The molecule has 0 radical (unpaired) electrons. The van der Waals surface area contributed by atoms with Crippen molar-refractivity contribution in [1.29, 1.82) is 0 Å². The number of ether oxygens (including phenoxy) is 1. The zero-order valence-electron chi connectivity index (χ0n) is 14.8. The molecule has 0 unspecified atom stereocenters. The number of carbonyl (C=O) groups excluding carboxylic acids is 1. The fraction of sp³-hybridized carbons (Fsp3) is 0.611. The number of hydrogen-bond donors (Lipinski definition) is 1. The summed E-state index contributed by atoms with van der Waals surface area (Å²) in [4.78, 5) is 18.0. The molecule has 0 aromatic heterocycles. The molecule has 1 heterocycles. The van der Waals surface area contributed by atoms with Crippen molar-refractivity contribution in [2.45, 2.75) is 58.0 Å². The van der Waals surface area contributed by atoms with Crippen molar-refractivity contribution in [2.75, 3.05) is 0 Å². The number of hydrogen-bond acceptors (Lipinski definition) is 3. The van der Waals surface area contributed by atoms with E-state index < -0.39 is 41.3 Å². The van der Waals surface area contributed by atoms with E-state index in [-0.39, 0.29) is 11.9 Å². The van der Waals surface area contributed by atoms with Gasteiger partial charge in [-0.1, -0.05) is 0 Å². The average Bonchev–Trinajstić information content (AvgIpc) is 2.79. The maximum absolute atomic E-state index is 11.7. The van der Waals surface area contributed by atoms with Crippen molar-refractivity contribution < 1.29 is 14.6 Å². The minimum absolute atomic E-state index is 0.201. The fourth-order valence-electron chi connectivity index (χ4n) is 3.49. The molecular weight excluding hydrogens is 454 g/mol. The molecule has 0 spiro atoms. The SMILES string of the molecule is Cc1c([C@H](C(Cl)Cl)[C@H](O)[C@H]2C[C@H](C)C(=O)O2)ccc[c]1[Sn]([CH3])([CH3])[CH3]. The third-order valence-electron chi connectivity index (χ3n) is 4.82. The van der Waals surface area contributed by atoms with Crippen molar-refractivity contribution in [1.82, 2.24) is 0 Å². The van der Waals surface area contributed by atoms with E-state index in [4.69, 9.17) is 27.9 Å². The summed E-state index contributed by atoms with van der Waals surface area (Å²) in [5, 5.41) is 10.9. The van der Waals surface area contributed by atoms with Gasteiger partial charge in [0, 0.05) is 0 Å². The number of rotatable bonds is 5. The van der Waals surface area contributed by atoms with E-state index in [2.05, 4.69) is 27.8 Å². The maximum atomic E-state index is 11.7. The first-order chi connectivity index (χ1) is 11.0. The Hall–Kier alpha value is 0.0287. The molecule has 2 rings (SSSR count). The number of esters is 1. The van der Waals surface area contributed by atoms with Gasteiger partial charge in [-0.3, -0.25) is 0 Å². The Morgan fingerprint density at radius 1 is 1.29 bits per heavy atom. The van der Waals surface area contributed by atoms with Gasteiger partial charge < -0.3 is 0 Å². The topological polar surface area (TPSA) is 46.5 Å². The quantitative estimate of drug-likeness (QED) is 0.397. The number of benzene rings is 1. The summed E-state index contributed by atoms with van der Waals surface area (Å²) in [6.45, 7) is 3.88. The third-order valence-corrected chi connectivity index (χ3v) is 11.5. The molecule has 1 aromatic rings. The number of alkyl halides is 2.